The molecule has 4 heteroatoms. The molecule has 0 aliphatic carbocycles. The lowest BCUT2D eigenvalue weighted by molar-refractivity contribution is 0.103. The summed E-state index contributed by atoms with van der Waals surface area (Å²) in [6, 6.07) is 8.02. The smallest absolute Gasteiger partial charge is 0.196 e. The zero-order valence-corrected chi connectivity index (χ0v) is 10.3. The van der Waals surface area contributed by atoms with E-state index in [9.17, 15) is 13.6 Å². The molecule has 0 aliphatic rings. The molecule has 0 heterocycles. The highest BCUT2D eigenvalue weighted by molar-refractivity contribution is 6.31. The first-order valence-corrected chi connectivity index (χ1v) is 5.63. The minimum absolute atomic E-state index is 0.162. The van der Waals surface area contributed by atoms with Crippen molar-refractivity contribution in [2.75, 3.05) is 0 Å². The third kappa shape index (κ3) is 2.41. The van der Waals surface area contributed by atoms with Gasteiger partial charge in [-0.05, 0) is 36.8 Å². The molecule has 0 fully saturated rings. The van der Waals surface area contributed by atoms with Crippen molar-refractivity contribution in [3.63, 3.8) is 0 Å². The minimum Gasteiger partial charge on any atom is -0.288 e. The van der Waals surface area contributed by atoms with Crippen LogP contribution >= 0.6 is 11.6 Å². The van der Waals surface area contributed by atoms with Crippen LogP contribution < -0.4 is 0 Å². The van der Waals surface area contributed by atoms with E-state index in [1.54, 1.807) is 12.1 Å². The minimum atomic E-state index is -0.737. The fraction of sp³-hybridized carbons (Fsp3) is 0.0714. The first-order chi connectivity index (χ1) is 8.49. The number of halogens is 3. The number of hydrogen-bond acceptors (Lipinski definition) is 1. The molecule has 1 nitrogen and oxygen atoms in total. The SMILES string of the molecule is Cc1cc(F)c(C(=O)c2cccc(Cl)c2)cc1F. The Morgan fingerprint density at radius 1 is 1.11 bits per heavy atom. The number of hydrogen-bond donors (Lipinski definition) is 0. The average molecular weight is 267 g/mol. The molecule has 0 aliphatic heterocycles. The molecule has 0 spiro atoms. The van der Waals surface area contributed by atoms with Crippen LogP contribution in [-0.4, -0.2) is 5.78 Å². The Morgan fingerprint density at radius 3 is 2.50 bits per heavy atom. The number of carbonyl (C=O) groups is 1. The van der Waals surface area contributed by atoms with Gasteiger partial charge in [0, 0.05) is 10.6 Å². The summed E-state index contributed by atoms with van der Waals surface area (Å²) < 4.78 is 27.0. The van der Waals surface area contributed by atoms with Crippen molar-refractivity contribution < 1.29 is 13.6 Å². The molecule has 2 aromatic carbocycles. The lowest BCUT2D eigenvalue weighted by Gasteiger charge is -2.05. The summed E-state index contributed by atoms with van der Waals surface area (Å²) in [5.74, 6) is -1.94. The first kappa shape index (κ1) is 12.7. The van der Waals surface area contributed by atoms with Crippen molar-refractivity contribution in [2.45, 2.75) is 6.92 Å². The van der Waals surface area contributed by atoms with Crippen molar-refractivity contribution >= 4 is 17.4 Å². The van der Waals surface area contributed by atoms with Crippen LogP contribution in [0.1, 0.15) is 21.5 Å². The standard InChI is InChI=1S/C14H9ClF2O/c1-8-5-13(17)11(7-12(8)16)14(18)9-3-2-4-10(15)6-9/h2-7H,1H3. The molecule has 2 rings (SSSR count). The Bertz CT molecular complexity index is 623. The maximum atomic E-state index is 13.6. The van der Waals surface area contributed by atoms with E-state index in [0.29, 0.717) is 5.02 Å². The molecule has 0 atom stereocenters. The summed E-state index contributed by atoms with van der Waals surface area (Å²) in [5.41, 5.74) is 0.0974. The van der Waals surface area contributed by atoms with Crippen molar-refractivity contribution in [3.8, 4) is 0 Å². The zero-order valence-electron chi connectivity index (χ0n) is 9.51. The van der Waals surface area contributed by atoms with Gasteiger partial charge in [-0.3, -0.25) is 4.79 Å². The second kappa shape index (κ2) is 4.86. The van der Waals surface area contributed by atoms with Crippen LogP contribution in [0.2, 0.25) is 5.02 Å². The molecule has 0 N–H and O–H groups in total. The van der Waals surface area contributed by atoms with Gasteiger partial charge in [-0.25, -0.2) is 8.78 Å². The van der Waals surface area contributed by atoms with Crippen LogP contribution in [0.5, 0.6) is 0 Å². The van der Waals surface area contributed by atoms with Crippen LogP contribution in [0, 0.1) is 18.6 Å². The average Bonchev–Trinajstić information content (AvgIpc) is 2.33. The van der Waals surface area contributed by atoms with Gasteiger partial charge in [0.25, 0.3) is 0 Å². The maximum absolute atomic E-state index is 13.6. The van der Waals surface area contributed by atoms with Gasteiger partial charge >= 0.3 is 0 Å². The molecule has 0 unspecified atom stereocenters. The van der Waals surface area contributed by atoms with E-state index >= 15 is 0 Å². The predicted molar refractivity (Wildman–Crippen MR) is 66.0 cm³/mol. The van der Waals surface area contributed by atoms with Crippen LogP contribution in [0.25, 0.3) is 0 Å². The van der Waals surface area contributed by atoms with Gasteiger partial charge in [0.05, 0.1) is 5.56 Å². The van der Waals surface area contributed by atoms with Gasteiger partial charge in [0.1, 0.15) is 11.6 Å². The molecule has 0 radical (unpaired) electrons. The van der Waals surface area contributed by atoms with Crippen LogP contribution in [0.3, 0.4) is 0 Å². The van der Waals surface area contributed by atoms with E-state index < -0.39 is 17.4 Å². The molecule has 0 bridgehead atoms. The van der Waals surface area contributed by atoms with Gasteiger partial charge in [0.15, 0.2) is 5.78 Å². The van der Waals surface area contributed by atoms with E-state index in [0.717, 1.165) is 12.1 Å². The number of benzene rings is 2. The molecular weight excluding hydrogens is 258 g/mol. The summed E-state index contributed by atoms with van der Waals surface area (Å²) in [6.45, 7) is 1.44. The predicted octanol–water partition coefficient (Wildman–Crippen LogP) is 4.16. The van der Waals surface area contributed by atoms with Crippen molar-refractivity contribution in [2.24, 2.45) is 0 Å². The third-order valence-corrected chi connectivity index (χ3v) is 2.81. The van der Waals surface area contributed by atoms with E-state index in [1.165, 1.54) is 19.1 Å². The number of ketones is 1. The Labute approximate surface area is 108 Å². The molecule has 0 aromatic heterocycles. The molecule has 0 saturated heterocycles. The van der Waals surface area contributed by atoms with Crippen molar-refractivity contribution in [1.29, 1.82) is 0 Å². The second-order valence-electron chi connectivity index (χ2n) is 3.92. The molecule has 2 aromatic rings. The number of aryl methyl sites for hydroxylation is 1. The molecular formula is C14H9ClF2O. The maximum Gasteiger partial charge on any atom is 0.196 e. The van der Waals surface area contributed by atoms with Crippen LogP contribution in [0.4, 0.5) is 8.78 Å². The highest BCUT2D eigenvalue weighted by Crippen LogP contribution is 2.19. The van der Waals surface area contributed by atoms with E-state index in [2.05, 4.69) is 0 Å². The van der Waals surface area contributed by atoms with E-state index in [1.807, 2.05) is 0 Å². The Hall–Kier alpha value is -1.74. The van der Waals surface area contributed by atoms with E-state index in [-0.39, 0.29) is 16.7 Å². The Kier molecular flexibility index (Phi) is 3.43. The summed E-state index contributed by atoms with van der Waals surface area (Å²) in [7, 11) is 0. The third-order valence-electron chi connectivity index (χ3n) is 2.58. The fourth-order valence-corrected chi connectivity index (χ4v) is 1.80. The molecule has 92 valence electrons. The normalized spacial score (nSPS) is 10.4. The Morgan fingerprint density at radius 2 is 1.83 bits per heavy atom. The largest absolute Gasteiger partial charge is 0.288 e. The lowest BCUT2D eigenvalue weighted by atomic mass is 10.0. The highest BCUT2D eigenvalue weighted by atomic mass is 35.5. The van der Waals surface area contributed by atoms with Crippen LogP contribution in [-0.2, 0) is 0 Å². The van der Waals surface area contributed by atoms with Crippen molar-refractivity contribution in [1.82, 2.24) is 0 Å². The van der Waals surface area contributed by atoms with Crippen molar-refractivity contribution in [3.05, 3.63) is 69.7 Å². The molecule has 0 amide bonds. The lowest BCUT2D eigenvalue weighted by Crippen LogP contribution is -2.05. The first-order valence-electron chi connectivity index (χ1n) is 5.25. The fourth-order valence-electron chi connectivity index (χ4n) is 1.61. The van der Waals surface area contributed by atoms with Gasteiger partial charge in [-0.15, -0.1) is 0 Å². The quantitative estimate of drug-likeness (QED) is 0.746. The van der Waals surface area contributed by atoms with Gasteiger partial charge in [-0.2, -0.15) is 0 Å². The zero-order chi connectivity index (χ0) is 13.3. The molecule has 0 saturated carbocycles. The van der Waals surface area contributed by atoms with E-state index in [4.69, 9.17) is 11.6 Å². The summed E-state index contributed by atoms with van der Waals surface area (Å²) in [4.78, 5) is 12.0. The number of carbonyl (C=O) groups excluding carboxylic acids is 1. The van der Waals surface area contributed by atoms with Gasteiger partial charge in [-0.1, -0.05) is 23.7 Å². The monoisotopic (exact) mass is 266 g/mol. The summed E-state index contributed by atoms with van der Waals surface area (Å²) >= 11 is 5.75. The Balaban J connectivity index is 2.49. The topological polar surface area (TPSA) is 17.1 Å². The highest BCUT2D eigenvalue weighted by Gasteiger charge is 2.16. The van der Waals surface area contributed by atoms with Gasteiger partial charge < -0.3 is 0 Å². The summed E-state index contributed by atoms with van der Waals surface area (Å²) in [6.07, 6.45) is 0. The van der Waals surface area contributed by atoms with Crippen LogP contribution in [0.15, 0.2) is 36.4 Å². The van der Waals surface area contributed by atoms with Gasteiger partial charge in [0.2, 0.25) is 0 Å². The summed E-state index contributed by atoms with van der Waals surface area (Å²) in [5, 5.41) is 0.369. The second-order valence-corrected chi connectivity index (χ2v) is 4.36. The molecule has 18 heavy (non-hydrogen) atoms. The number of rotatable bonds is 2.